The molecule has 1 aliphatic carbocycles. The first-order valence-corrected chi connectivity index (χ1v) is 6.98. The average molecular weight is 261 g/mol. The first-order valence-electron chi connectivity index (χ1n) is 6.98. The first-order chi connectivity index (χ1) is 9.29. The van der Waals surface area contributed by atoms with Crippen LogP contribution in [-0.4, -0.2) is 40.7 Å². The van der Waals surface area contributed by atoms with Crippen molar-refractivity contribution >= 4 is 5.91 Å². The van der Waals surface area contributed by atoms with Crippen molar-refractivity contribution in [2.24, 2.45) is 5.92 Å². The quantitative estimate of drug-likeness (QED) is 0.815. The van der Waals surface area contributed by atoms with Gasteiger partial charge in [0.1, 0.15) is 0 Å². The highest BCUT2D eigenvalue weighted by Gasteiger charge is 2.38. The van der Waals surface area contributed by atoms with Gasteiger partial charge in [-0.25, -0.2) is 0 Å². The van der Waals surface area contributed by atoms with Crippen molar-refractivity contribution in [1.29, 1.82) is 0 Å². The summed E-state index contributed by atoms with van der Waals surface area (Å²) in [5.41, 5.74) is 0.423. The van der Waals surface area contributed by atoms with E-state index in [0.717, 1.165) is 19.4 Å². The third-order valence-corrected chi connectivity index (χ3v) is 4.34. The predicted octanol–water partition coefficient (Wildman–Crippen LogP) is 1.89. The summed E-state index contributed by atoms with van der Waals surface area (Å²) in [6, 6.07) is 3.81. The Kier molecular flexibility index (Phi) is 3.36. The van der Waals surface area contributed by atoms with Crippen LogP contribution in [0.1, 0.15) is 42.6 Å². The van der Waals surface area contributed by atoms with E-state index >= 15 is 0 Å². The highest BCUT2D eigenvalue weighted by atomic mass is 16.5. The molecule has 5 heteroatoms. The molecular weight excluding hydrogens is 242 g/mol. The Balaban J connectivity index is 1.75. The summed E-state index contributed by atoms with van der Waals surface area (Å²) >= 11 is 0. The van der Waals surface area contributed by atoms with Gasteiger partial charge in [-0.05, 0) is 31.2 Å². The number of hydrogen-bond donors (Lipinski definition) is 0. The number of carbonyl (C=O) groups is 1. The molecule has 3 rings (SSSR count). The molecule has 0 bridgehead atoms. The van der Waals surface area contributed by atoms with Gasteiger partial charge in [-0.3, -0.25) is 4.79 Å². The minimum Gasteiger partial charge on any atom is -0.480 e. The van der Waals surface area contributed by atoms with E-state index < -0.39 is 0 Å². The maximum Gasteiger partial charge on any atom is 0.274 e. The van der Waals surface area contributed by atoms with E-state index in [9.17, 15) is 4.79 Å². The van der Waals surface area contributed by atoms with Crippen LogP contribution in [0, 0.1) is 5.92 Å². The third kappa shape index (κ3) is 2.29. The molecule has 0 radical (unpaired) electrons. The zero-order valence-corrected chi connectivity index (χ0v) is 11.2. The van der Waals surface area contributed by atoms with Crippen molar-refractivity contribution in [2.75, 3.05) is 13.7 Å². The molecule has 19 heavy (non-hydrogen) atoms. The van der Waals surface area contributed by atoms with Gasteiger partial charge in [0.25, 0.3) is 5.91 Å². The van der Waals surface area contributed by atoms with E-state index in [0.29, 0.717) is 23.5 Å². The first kappa shape index (κ1) is 12.4. The molecule has 2 fully saturated rings. The molecule has 5 nitrogen and oxygen atoms in total. The summed E-state index contributed by atoms with van der Waals surface area (Å²) in [7, 11) is 1.54. The van der Waals surface area contributed by atoms with Crippen molar-refractivity contribution < 1.29 is 9.53 Å². The molecule has 0 aromatic carbocycles. The van der Waals surface area contributed by atoms with Crippen LogP contribution in [0.15, 0.2) is 12.1 Å². The number of methoxy groups -OCH3 is 1. The number of nitrogens with zero attached hydrogens (tertiary/aromatic N) is 3. The smallest absolute Gasteiger partial charge is 0.274 e. The molecule has 102 valence electrons. The highest BCUT2D eigenvalue weighted by Crippen LogP contribution is 2.36. The third-order valence-electron chi connectivity index (χ3n) is 4.34. The van der Waals surface area contributed by atoms with Gasteiger partial charge >= 0.3 is 0 Å². The summed E-state index contributed by atoms with van der Waals surface area (Å²) in [5.74, 6) is 1.15. The summed E-state index contributed by atoms with van der Waals surface area (Å²) in [5, 5.41) is 7.84. The van der Waals surface area contributed by atoms with Crippen LogP contribution < -0.4 is 4.74 Å². The van der Waals surface area contributed by atoms with Gasteiger partial charge in [-0.1, -0.05) is 12.8 Å². The normalized spacial score (nSPS) is 26.1. The number of amides is 1. The van der Waals surface area contributed by atoms with Gasteiger partial charge in [0, 0.05) is 18.7 Å². The zero-order valence-electron chi connectivity index (χ0n) is 11.2. The highest BCUT2D eigenvalue weighted by molar-refractivity contribution is 5.92. The molecule has 1 aromatic rings. The Morgan fingerprint density at radius 2 is 2.11 bits per heavy atom. The molecular formula is C14H19N3O2. The molecule has 0 N–H and O–H groups in total. The van der Waals surface area contributed by atoms with Crippen LogP contribution in [0.3, 0.4) is 0 Å². The van der Waals surface area contributed by atoms with E-state index in [2.05, 4.69) is 10.2 Å². The minimum absolute atomic E-state index is 0.0181. The van der Waals surface area contributed by atoms with E-state index in [-0.39, 0.29) is 5.91 Å². The second-order valence-corrected chi connectivity index (χ2v) is 5.36. The maximum absolute atomic E-state index is 12.5. The van der Waals surface area contributed by atoms with Gasteiger partial charge in [-0.2, -0.15) is 0 Å². The molecule has 2 aliphatic rings. The molecule has 2 atom stereocenters. The van der Waals surface area contributed by atoms with Crippen LogP contribution in [0.4, 0.5) is 0 Å². The van der Waals surface area contributed by atoms with Crippen molar-refractivity contribution in [3.05, 3.63) is 17.8 Å². The Morgan fingerprint density at radius 1 is 1.26 bits per heavy atom. The topological polar surface area (TPSA) is 55.3 Å². The van der Waals surface area contributed by atoms with Crippen molar-refractivity contribution in [2.45, 2.75) is 38.1 Å². The molecule has 0 spiro atoms. The fourth-order valence-corrected chi connectivity index (χ4v) is 3.35. The van der Waals surface area contributed by atoms with E-state index in [1.807, 2.05) is 4.90 Å². The molecule has 0 unspecified atom stereocenters. The lowest BCUT2D eigenvalue weighted by Crippen LogP contribution is -2.39. The summed E-state index contributed by atoms with van der Waals surface area (Å²) < 4.78 is 4.96. The lowest BCUT2D eigenvalue weighted by Gasteiger charge is -2.31. The van der Waals surface area contributed by atoms with Gasteiger partial charge in [0.15, 0.2) is 5.69 Å². The molecule has 1 aliphatic heterocycles. The monoisotopic (exact) mass is 261 g/mol. The zero-order chi connectivity index (χ0) is 13.2. The van der Waals surface area contributed by atoms with E-state index in [4.69, 9.17) is 4.74 Å². The Bertz CT molecular complexity index is 460. The predicted molar refractivity (Wildman–Crippen MR) is 70.0 cm³/mol. The van der Waals surface area contributed by atoms with Crippen LogP contribution in [0.5, 0.6) is 5.88 Å². The number of rotatable bonds is 2. The molecule has 1 saturated heterocycles. The lowest BCUT2D eigenvalue weighted by molar-refractivity contribution is 0.0682. The van der Waals surface area contributed by atoms with Gasteiger partial charge < -0.3 is 9.64 Å². The van der Waals surface area contributed by atoms with E-state index in [1.165, 1.54) is 19.3 Å². The Labute approximate surface area is 113 Å². The number of aromatic nitrogens is 2. The maximum atomic E-state index is 12.5. The van der Waals surface area contributed by atoms with Crippen LogP contribution in [-0.2, 0) is 0 Å². The van der Waals surface area contributed by atoms with Crippen molar-refractivity contribution in [3.63, 3.8) is 0 Å². The van der Waals surface area contributed by atoms with Crippen LogP contribution in [0.2, 0.25) is 0 Å². The van der Waals surface area contributed by atoms with E-state index in [1.54, 1.807) is 19.2 Å². The Hall–Kier alpha value is -1.65. The molecule has 1 saturated carbocycles. The summed E-state index contributed by atoms with van der Waals surface area (Å²) in [4.78, 5) is 14.5. The minimum atomic E-state index is 0.0181. The number of likely N-dealkylation sites (tertiary alicyclic amines) is 1. The molecule has 2 heterocycles. The Morgan fingerprint density at radius 3 is 2.84 bits per heavy atom. The number of ether oxygens (including phenoxy) is 1. The van der Waals surface area contributed by atoms with Crippen molar-refractivity contribution in [1.82, 2.24) is 15.1 Å². The van der Waals surface area contributed by atoms with Crippen molar-refractivity contribution in [3.8, 4) is 5.88 Å². The standard InChI is InChI=1S/C14H19N3O2/c1-19-13-7-6-11(15-16-13)14(18)17-9-8-10-4-2-3-5-12(10)17/h6-7,10,12H,2-5,8-9H2,1H3/t10-,12+/m1/s1. The molecule has 1 amide bonds. The number of fused-ring (bicyclic) bond motifs is 1. The summed E-state index contributed by atoms with van der Waals surface area (Å²) in [6.45, 7) is 0.863. The number of carbonyl (C=O) groups excluding carboxylic acids is 1. The SMILES string of the molecule is COc1ccc(C(=O)N2CC[C@H]3CCCC[C@@H]32)nn1. The summed E-state index contributed by atoms with van der Waals surface area (Å²) in [6.07, 6.45) is 6.09. The van der Waals surface area contributed by atoms with Crippen LogP contribution in [0.25, 0.3) is 0 Å². The fourth-order valence-electron chi connectivity index (χ4n) is 3.35. The average Bonchev–Trinajstić information content (AvgIpc) is 2.90. The molecule has 1 aromatic heterocycles. The van der Waals surface area contributed by atoms with Gasteiger partial charge in [0.2, 0.25) is 5.88 Å². The van der Waals surface area contributed by atoms with Gasteiger partial charge in [0.05, 0.1) is 7.11 Å². The van der Waals surface area contributed by atoms with Gasteiger partial charge in [-0.15, -0.1) is 10.2 Å². The number of hydrogen-bond acceptors (Lipinski definition) is 4. The van der Waals surface area contributed by atoms with Crippen LogP contribution >= 0.6 is 0 Å². The largest absolute Gasteiger partial charge is 0.480 e. The lowest BCUT2D eigenvalue weighted by atomic mass is 9.85. The second-order valence-electron chi connectivity index (χ2n) is 5.36. The second kappa shape index (κ2) is 5.15. The fraction of sp³-hybridized carbons (Fsp3) is 0.643.